The van der Waals surface area contributed by atoms with Crippen molar-refractivity contribution in [3.63, 3.8) is 0 Å². The van der Waals surface area contributed by atoms with Crippen molar-refractivity contribution in [2.45, 2.75) is 43.5 Å². The van der Waals surface area contributed by atoms with Crippen molar-refractivity contribution >= 4 is 16.1 Å². The summed E-state index contributed by atoms with van der Waals surface area (Å²) in [5, 5.41) is 3.81. The highest BCUT2D eigenvalue weighted by Crippen LogP contribution is 2.47. The number of carbonyl (C=O) groups excluding carboxylic acids is 1. The fourth-order valence-electron chi connectivity index (χ4n) is 1.95. The van der Waals surface area contributed by atoms with Gasteiger partial charge in [0.25, 0.3) is 0 Å². The first kappa shape index (κ1) is 19.1. The molecule has 2 atom stereocenters. The van der Waals surface area contributed by atoms with Gasteiger partial charge in [0.15, 0.2) is 10.1 Å². The fraction of sp³-hybridized carbons (Fsp3) is 0.909. The molecule has 0 spiro atoms. The molecule has 0 bridgehead atoms. The average molecular weight is 351 g/mol. The molecule has 22 heavy (non-hydrogen) atoms. The lowest BCUT2D eigenvalue weighted by Gasteiger charge is -2.28. The van der Waals surface area contributed by atoms with Crippen LogP contribution < -0.4 is 0 Å². The summed E-state index contributed by atoms with van der Waals surface area (Å²) in [5.41, 5.74) is -1.17. The normalized spacial score (nSPS) is 23.3. The van der Waals surface area contributed by atoms with Gasteiger partial charge in [0.05, 0.1) is 24.5 Å². The highest BCUT2D eigenvalue weighted by atomic mass is 32.2. The molecule has 0 heterocycles. The predicted molar refractivity (Wildman–Crippen MR) is 63.1 cm³/mol. The van der Waals surface area contributed by atoms with Gasteiger partial charge in [-0.15, -0.1) is 0 Å². The van der Waals surface area contributed by atoms with E-state index in [1.54, 1.807) is 0 Å². The number of rotatable bonds is 7. The maximum absolute atomic E-state index is 13.1. The predicted octanol–water partition coefficient (Wildman–Crippen LogP) is 1.10. The number of alkyl halides is 4. The highest BCUT2D eigenvalue weighted by molar-refractivity contribution is 7.86. The molecule has 0 amide bonds. The van der Waals surface area contributed by atoms with Crippen molar-refractivity contribution < 1.29 is 45.2 Å². The molecule has 1 aliphatic rings. The van der Waals surface area contributed by atoms with E-state index in [4.69, 9.17) is 0 Å². The van der Waals surface area contributed by atoms with Crippen LogP contribution in [0.15, 0.2) is 0 Å². The van der Waals surface area contributed by atoms with Gasteiger partial charge in [0, 0.05) is 5.92 Å². The van der Waals surface area contributed by atoms with Gasteiger partial charge in [0.1, 0.15) is 0 Å². The quantitative estimate of drug-likeness (QED) is 0.418. The lowest BCUT2D eigenvalue weighted by molar-refractivity contribution is -0.175. The van der Waals surface area contributed by atoms with Crippen LogP contribution in [0.5, 0.6) is 0 Å². The molecule has 0 aromatic heterocycles. The van der Waals surface area contributed by atoms with E-state index in [1.165, 1.54) is 13.8 Å². The second-order valence-corrected chi connectivity index (χ2v) is 7.12. The van der Waals surface area contributed by atoms with E-state index in [2.05, 4.69) is 4.74 Å². The van der Waals surface area contributed by atoms with Crippen molar-refractivity contribution in [1.82, 2.24) is 0 Å². The van der Waals surface area contributed by atoms with Gasteiger partial charge in [-0.05, 0) is 20.3 Å². The van der Waals surface area contributed by atoms with Crippen molar-refractivity contribution in [2.24, 2.45) is 11.8 Å². The van der Waals surface area contributed by atoms with Gasteiger partial charge in [-0.25, -0.2) is 8.42 Å². The topological polar surface area (TPSA) is 104 Å². The van der Waals surface area contributed by atoms with Crippen molar-refractivity contribution in [2.75, 3.05) is 6.61 Å². The van der Waals surface area contributed by atoms with Crippen LogP contribution in [0.3, 0.4) is 0 Å². The zero-order valence-electron chi connectivity index (χ0n) is 11.7. The van der Waals surface area contributed by atoms with Crippen LogP contribution >= 0.6 is 0 Å². The molecule has 0 saturated heterocycles. The van der Waals surface area contributed by atoms with E-state index in [0.717, 1.165) is 0 Å². The van der Waals surface area contributed by atoms with Crippen molar-refractivity contribution in [3.05, 3.63) is 0 Å². The number of ether oxygens (including phenoxy) is 1. The standard InChI is InChI=1S/C11H16F4O6S/c1-9(2,17)7-5-6(7)8(16)21-4-3-10(12,13)11(14,15)22(18,19)20/h6-7,17H,3-5H2,1-2H3,(H,18,19,20)/p-1. The first-order chi connectivity index (χ1) is 9.61. The molecular weight excluding hydrogens is 336 g/mol. The summed E-state index contributed by atoms with van der Waals surface area (Å²) in [4.78, 5) is 11.4. The Balaban J connectivity index is 2.53. The number of halogens is 4. The average Bonchev–Trinajstić information content (AvgIpc) is 3.05. The third kappa shape index (κ3) is 3.87. The maximum Gasteiger partial charge on any atom is 0.396 e. The molecule has 1 saturated carbocycles. The maximum atomic E-state index is 13.1. The number of hydrogen-bond donors (Lipinski definition) is 1. The van der Waals surface area contributed by atoms with Gasteiger partial charge in [-0.2, -0.15) is 17.6 Å². The molecule has 0 aliphatic heterocycles. The zero-order valence-corrected chi connectivity index (χ0v) is 12.5. The van der Waals surface area contributed by atoms with Gasteiger partial charge in [-0.1, -0.05) is 0 Å². The molecule has 1 aliphatic carbocycles. The van der Waals surface area contributed by atoms with Crippen LogP contribution in [0.4, 0.5) is 17.6 Å². The fourth-order valence-corrected chi connectivity index (χ4v) is 2.42. The lowest BCUT2D eigenvalue weighted by atomic mass is 10.0. The Hall–Kier alpha value is -0.940. The van der Waals surface area contributed by atoms with Crippen molar-refractivity contribution in [1.29, 1.82) is 0 Å². The van der Waals surface area contributed by atoms with E-state index in [9.17, 15) is 40.4 Å². The zero-order chi connectivity index (χ0) is 17.6. The van der Waals surface area contributed by atoms with E-state index >= 15 is 0 Å². The van der Waals surface area contributed by atoms with E-state index < -0.39 is 57.7 Å². The number of hydrogen-bond acceptors (Lipinski definition) is 6. The number of aliphatic hydroxyl groups is 1. The van der Waals surface area contributed by atoms with Gasteiger partial charge >= 0.3 is 17.1 Å². The molecule has 1 N–H and O–H groups in total. The summed E-state index contributed by atoms with van der Waals surface area (Å²) in [5.74, 6) is -7.26. The van der Waals surface area contributed by atoms with E-state index in [1.807, 2.05) is 0 Å². The summed E-state index contributed by atoms with van der Waals surface area (Å²) in [6.45, 7) is 1.71. The second kappa shape index (κ2) is 5.60. The van der Waals surface area contributed by atoms with Gasteiger partial charge < -0.3 is 14.4 Å². The van der Waals surface area contributed by atoms with Crippen molar-refractivity contribution in [3.8, 4) is 0 Å². The van der Waals surface area contributed by atoms with Crippen LogP contribution in [0.2, 0.25) is 0 Å². The Kier molecular flexibility index (Phi) is 4.87. The summed E-state index contributed by atoms with van der Waals surface area (Å²) in [7, 11) is -6.55. The minimum Gasteiger partial charge on any atom is -0.743 e. The molecule has 11 heteroatoms. The minimum atomic E-state index is -6.55. The lowest BCUT2D eigenvalue weighted by Crippen LogP contribution is -2.47. The Morgan fingerprint density at radius 3 is 2.18 bits per heavy atom. The summed E-state index contributed by atoms with van der Waals surface area (Å²) >= 11 is 0. The summed E-state index contributed by atoms with van der Waals surface area (Å²) in [6.07, 6.45) is -1.54. The van der Waals surface area contributed by atoms with Crippen LogP contribution in [0.25, 0.3) is 0 Å². The Bertz CT molecular complexity index is 539. The summed E-state index contributed by atoms with van der Waals surface area (Å²) < 4.78 is 86.6. The molecule has 2 unspecified atom stereocenters. The molecule has 1 rings (SSSR count). The van der Waals surface area contributed by atoms with Gasteiger partial charge in [0.2, 0.25) is 0 Å². The molecule has 1 fully saturated rings. The molecule has 0 radical (unpaired) electrons. The summed E-state index contributed by atoms with van der Waals surface area (Å²) in [6, 6.07) is 0. The van der Waals surface area contributed by atoms with Gasteiger partial charge in [-0.3, -0.25) is 4.79 Å². The molecule has 0 aromatic carbocycles. The third-order valence-corrected chi connectivity index (χ3v) is 4.33. The SMILES string of the molecule is CC(C)(O)C1CC1C(=O)OCCC(F)(F)C(F)(F)S(=O)(=O)[O-]. The van der Waals surface area contributed by atoms with Crippen LogP contribution in [-0.4, -0.2) is 47.4 Å². The smallest absolute Gasteiger partial charge is 0.396 e. The molecule has 0 aromatic rings. The Labute approximate surface area is 124 Å². The highest BCUT2D eigenvalue weighted by Gasteiger charge is 2.61. The molecule has 130 valence electrons. The number of carbonyl (C=O) groups is 1. The minimum absolute atomic E-state index is 0.268. The van der Waals surface area contributed by atoms with Crippen LogP contribution in [0, 0.1) is 11.8 Å². The van der Waals surface area contributed by atoms with E-state index in [-0.39, 0.29) is 6.42 Å². The Morgan fingerprint density at radius 1 is 1.32 bits per heavy atom. The monoisotopic (exact) mass is 351 g/mol. The Morgan fingerprint density at radius 2 is 1.82 bits per heavy atom. The molecule has 6 nitrogen and oxygen atoms in total. The van der Waals surface area contributed by atoms with E-state index in [0.29, 0.717) is 0 Å². The third-order valence-electron chi connectivity index (χ3n) is 3.40. The first-order valence-electron chi connectivity index (χ1n) is 6.21. The number of esters is 1. The molecular formula is C11H15F4O6S-. The van der Waals surface area contributed by atoms with Crippen LogP contribution in [-0.2, 0) is 19.6 Å². The second-order valence-electron chi connectivity index (χ2n) is 5.70. The largest absolute Gasteiger partial charge is 0.743 e. The van der Waals surface area contributed by atoms with Crippen LogP contribution in [0.1, 0.15) is 26.7 Å². The first-order valence-corrected chi connectivity index (χ1v) is 7.62.